The van der Waals surface area contributed by atoms with Crippen molar-refractivity contribution in [1.29, 1.82) is 0 Å². The lowest BCUT2D eigenvalue weighted by Gasteiger charge is -2.21. The number of ether oxygens (including phenoxy) is 4. The lowest BCUT2D eigenvalue weighted by atomic mass is 9.99. The lowest BCUT2D eigenvalue weighted by molar-refractivity contribution is -0.161. The summed E-state index contributed by atoms with van der Waals surface area (Å²) in [5, 5.41) is 10.6. The molecule has 0 saturated carbocycles. The minimum Gasteiger partial charge on any atom is -0.462 e. The molecule has 0 heterocycles. The van der Waals surface area contributed by atoms with E-state index in [-0.39, 0.29) is 25.7 Å². The summed E-state index contributed by atoms with van der Waals surface area (Å²) in [6, 6.07) is 0. The van der Waals surface area contributed by atoms with Crippen molar-refractivity contribution in [1.82, 2.24) is 0 Å². The summed E-state index contributed by atoms with van der Waals surface area (Å²) in [6.07, 6.45) is 55.5. The number of carbonyl (C=O) groups is 4. The van der Waals surface area contributed by atoms with Crippen LogP contribution < -0.4 is 0 Å². The molecule has 0 amide bonds. The Morgan fingerprint density at radius 3 is 0.800 bits per heavy atom. The van der Waals surface area contributed by atoms with E-state index in [0.29, 0.717) is 25.7 Å². The molecule has 3 unspecified atom stereocenters. The number of phosphoric ester groups is 2. The van der Waals surface area contributed by atoms with Crippen molar-refractivity contribution in [2.75, 3.05) is 39.6 Å². The van der Waals surface area contributed by atoms with Crippen LogP contribution in [0.4, 0.5) is 0 Å². The zero-order valence-electron chi connectivity index (χ0n) is 62.0. The zero-order chi connectivity index (χ0) is 70.0. The maximum absolute atomic E-state index is 13.1. The largest absolute Gasteiger partial charge is 0.472 e. The van der Waals surface area contributed by atoms with Gasteiger partial charge in [-0.15, -0.1) is 0 Å². The minimum atomic E-state index is -4.96. The molecule has 0 radical (unpaired) electrons. The smallest absolute Gasteiger partial charge is 0.462 e. The van der Waals surface area contributed by atoms with E-state index in [4.69, 9.17) is 37.0 Å². The molecule has 17 nitrogen and oxygen atoms in total. The second-order valence-electron chi connectivity index (χ2n) is 28.1. The van der Waals surface area contributed by atoms with Crippen LogP contribution in [-0.2, 0) is 65.4 Å². The van der Waals surface area contributed by atoms with Gasteiger partial charge in [-0.25, -0.2) is 9.13 Å². The first kappa shape index (κ1) is 93.1. The highest BCUT2D eigenvalue weighted by Gasteiger charge is 2.30. The molecule has 0 aliphatic rings. The molecule has 0 spiro atoms. The third-order valence-electron chi connectivity index (χ3n) is 18.1. The predicted octanol–water partition coefficient (Wildman–Crippen LogP) is 22.3. The Morgan fingerprint density at radius 1 is 0.305 bits per heavy atom. The van der Waals surface area contributed by atoms with Crippen LogP contribution in [-0.4, -0.2) is 96.7 Å². The number of hydrogen-bond donors (Lipinski definition) is 3. The van der Waals surface area contributed by atoms with E-state index in [1.807, 2.05) is 0 Å². The molecule has 0 saturated heterocycles. The Hall–Kier alpha value is -1.94. The Morgan fingerprint density at radius 2 is 0.537 bits per heavy atom. The summed E-state index contributed by atoms with van der Waals surface area (Å²) in [4.78, 5) is 72.7. The van der Waals surface area contributed by atoms with E-state index in [2.05, 4.69) is 41.5 Å². The second kappa shape index (κ2) is 67.9. The Labute approximate surface area is 581 Å². The predicted molar refractivity (Wildman–Crippen MR) is 386 cm³/mol. The second-order valence-corrected chi connectivity index (χ2v) is 31.0. The number of hydrogen-bond acceptors (Lipinski definition) is 15. The van der Waals surface area contributed by atoms with Gasteiger partial charge in [-0.05, 0) is 37.5 Å². The molecule has 0 aromatic carbocycles. The van der Waals surface area contributed by atoms with E-state index in [1.54, 1.807) is 0 Å². The van der Waals surface area contributed by atoms with E-state index in [9.17, 15) is 43.2 Å². The van der Waals surface area contributed by atoms with Gasteiger partial charge in [0.2, 0.25) is 0 Å². The summed E-state index contributed by atoms with van der Waals surface area (Å²) in [5.41, 5.74) is 0. The summed E-state index contributed by atoms with van der Waals surface area (Å²) >= 11 is 0. The molecule has 0 aliphatic heterocycles. The highest BCUT2D eigenvalue weighted by atomic mass is 31.2. The minimum absolute atomic E-state index is 0.106. The molecule has 0 bridgehead atoms. The van der Waals surface area contributed by atoms with Gasteiger partial charge in [0.25, 0.3) is 0 Å². The Balaban J connectivity index is 5.20. The SMILES string of the molecule is CCCCCCCCCCCCCCCCCCC(=O)OC[C@H](COP(=O)(O)OC[C@@H](O)COP(=O)(O)OC[C@@H](COC(=O)CCCCCCCCC)OC(=O)CCCCCCCCCCCCC(C)CC)OC(=O)CCCCCCCCCCCCCCCCCC(C)C. The number of aliphatic hydroxyl groups excluding tert-OH is 1. The molecule has 0 fully saturated rings. The average molecular weight is 1400 g/mol. The fourth-order valence-corrected chi connectivity index (χ4v) is 13.2. The molecule has 0 aliphatic carbocycles. The molecule has 19 heteroatoms. The monoisotopic (exact) mass is 1400 g/mol. The number of carbonyl (C=O) groups excluding carboxylic acids is 4. The van der Waals surface area contributed by atoms with Crippen LogP contribution in [0, 0.1) is 11.8 Å². The third kappa shape index (κ3) is 69.0. The van der Waals surface area contributed by atoms with Crippen LogP contribution in [0.15, 0.2) is 0 Å². The lowest BCUT2D eigenvalue weighted by Crippen LogP contribution is -2.30. The van der Waals surface area contributed by atoms with E-state index in [1.165, 1.54) is 199 Å². The first-order valence-electron chi connectivity index (χ1n) is 39.5. The van der Waals surface area contributed by atoms with Crippen molar-refractivity contribution in [3.63, 3.8) is 0 Å². The summed E-state index contributed by atoms with van der Waals surface area (Å²) in [6.45, 7) is 9.61. The molecule has 0 rings (SSSR count). The number of rotatable bonds is 75. The molecular formula is C76H148O17P2. The third-order valence-corrected chi connectivity index (χ3v) is 20.0. The van der Waals surface area contributed by atoms with Crippen LogP contribution in [0.25, 0.3) is 0 Å². The normalized spacial score (nSPS) is 14.3. The van der Waals surface area contributed by atoms with Gasteiger partial charge in [0, 0.05) is 25.7 Å². The molecule has 0 aromatic rings. The van der Waals surface area contributed by atoms with Gasteiger partial charge >= 0.3 is 39.5 Å². The average Bonchev–Trinajstić information content (AvgIpc) is 2.38. The highest BCUT2D eigenvalue weighted by Crippen LogP contribution is 2.45. The van der Waals surface area contributed by atoms with Gasteiger partial charge in [0.1, 0.15) is 19.3 Å². The van der Waals surface area contributed by atoms with E-state index >= 15 is 0 Å². The molecule has 3 N–H and O–H groups in total. The summed E-state index contributed by atoms with van der Waals surface area (Å²) in [7, 11) is -9.91. The van der Waals surface area contributed by atoms with Gasteiger partial charge in [-0.2, -0.15) is 0 Å². The van der Waals surface area contributed by atoms with Crippen molar-refractivity contribution in [2.24, 2.45) is 11.8 Å². The maximum atomic E-state index is 13.1. The number of unbranched alkanes of at least 4 members (excludes halogenated alkanes) is 44. The molecule has 564 valence electrons. The Kier molecular flexibility index (Phi) is 66.5. The fraction of sp³-hybridized carbons (Fsp3) is 0.947. The number of phosphoric acid groups is 2. The number of aliphatic hydroxyl groups is 1. The summed E-state index contributed by atoms with van der Waals surface area (Å²) < 4.78 is 68.4. The van der Waals surface area contributed by atoms with E-state index < -0.39 is 97.5 Å². The van der Waals surface area contributed by atoms with Gasteiger partial charge in [0.05, 0.1) is 26.4 Å². The van der Waals surface area contributed by atoms with Crippen molar-refractivity contribution < 1.29 is 80.2 Å². The molecule has 6 atom stereocenters. The van der Waals surface area contributed by atoms with Crippen molar-refractivity contribution in [3.05, 3.63) is 0 Å². The van der Waals surface area contributed by atoms with Gasteiger partial charge in [-0.1, -0.05) is 343 Å². The van der Waals surface area contributed by atoms with Crippen LogP contribution in [0.1, 0.15) is 395 Å². The summed E-state index contributed by atoms with van der Waals surface area (Å²) in [5.74, 6) is -0.513. The maximum Gasteiger partial charge on any atom is 0.472 e. The standard InChI is InChI=1S/C76H148O17P2/c1-7-10-12-14-16-17-18-19-20-23-26-29-35-41-47-53-59-74(79)87-65-72(93-75(80)60-54-48-42-36-30-27-24-21-22-25-28-33-39-44-50-56-68(4)5)67-91-95(84,85)89-63-70(77)62-88-94(82,83)90-66-71(64-86-73(78)58-52-46-38-15-13-11-8-2)92-76(81)61-55-49-43-37-32-31-34-40-45-51-57-69(6)9-3/h68-72,77H,7-67H2,1-6H3,(H,82,83)(H,84,85)/t69?,70-,71+,72+/m0/s1. The van der Waals surface area contributed by atoms with Crippen LogP contribution >= 0.6 is 15.6 Å². The molecule has 0 aromatic heterocycles. The van der Waals surface area contributed by atoms with Gasteiger partial charge < -0.3 is 33.8 Å². The Bertz CT molecular complexity index is 1840. The first-order valence-corrected chi connectivity index (χ1v) is 42.5. The topological polar surface area (TPSA) is 237 Å². The molecule has 95 heavy (non-hydrogen) atoms. The molecular weight excluding hydrogens is 1250 g/mol. The van der Waals surface area contributed by atoms with Crippen LogP contribution in [0.5, 0.6) is 0 Å². The van der Waals surface area contributed by atoms with Gasteiger partial charge in [0.15, 0.2) is 12.2 Å². The number of esters is 4. The van der Waals surface area contributed by atoms with Crippen molar-refractivity contribution in [2.45, 2.75) is 413 Å². The van der Waals surface area contributed by atoms with Gasteiger partial charge in [-0.3, -0.25) is 37.3 Å². The fourth-order valence-electron chi connectivity index (χ4n) is 11.6. The first-order chi connectivity index (χ1) is 45.9. The van der Waals surface area contributed by atoms with Crippen LogP contribution in [0.3, 0.4) is 0 Å². The van der Waals surface area contributed by atoms with Crippen LogP contribution in [0.2, 0.25) is 0 Å². The quantitative estimate of drug-likeness (QED) is 0.0222. The van der Waals surface area contributed by atoms with Crippen molar-refractivity contribution >= 4 is 39.5 Å². The van der Waals surface area contributed by atoms with Crippen molar-refractivity contribution in [3.8, 4) is 0 Å². The van der Waals surface area contributed by atoms with E-state index in [0.717, 1.165) is 115 Å². The highest BCUT2D eigenvalue weighted by molar-refractivity contribution is 7.47. The zero-order valence-corrected chi connectivity index (χ0v) is 63.8.